The lowest BCUT2D eigenvalue weighted by molar-refractivity contribution is 0.0738. The number of benzene rings is 1. The SMILES string of the molecule is O=C(c1cnc(-c2ncccn2)s1)N1CCOc2ccc(Br)cc2C1. The van der Waals surface area contributed by atoms with Crippen LogP contribution in [-0.4, -0.2) is 38.9 Å². The molecule has 0 saturated carbocycles. The van der Waals surface area contributed by atoms with Gasteiger partial charge in [0.15, 0.2) is 10.8 Å². The van der Waals surface area contributed by atoms with E-state index < -0.39 is 0 Å². The summed E-state index contributed by atoms with van der Waals surface area (Å²) >= 11 is 4.77. The van der Waals surface area contributed by atoms with Crippen LogP contribution in [0.5, 0.6) is 5.75 Å². The summed E-state index contributed by atoms with van der Waals surface area (Å²) in [6, 6.07) is 7.59. The number of hydrogen-bond donors (Lipinski definition) is 0. The summed E-state index contributed by atoms with van der Waals surface area (Å²) in [6.07, 6.45) is 4.91. The van der Waals surface area contributed by atoms with E-state index in [4.69, 9.17) is 4.74 Å². The molecular weight excluding hydrogens is 404 g/mol. The number of aromatic nitrogens is 3. The summed E-state index contributed by atoms with van der Waals surface area (Å²) < 4.78 is 6.71. The molecule has 0 aliphatic carbocycles. The number of fused-ring (bicyclic) bond motifs is 1. The fraction of sp³-hybridized carbons (Fsp3) is 0.176. The third kappa shape index (κ3) is 3.40. The largest absolute Gasteiger partial charge is 0.491 e. The van der Waals surface area contributed by atoms with Gasteiger partial charge in [0.1, 0.15) is 17.2 Å². The molecule has 0 atom stereocenters. The molecule has 0 spiro atoms. The van der Waals surface area contributed by atoms with Gasteiger partial charge in [-0.3, -0.25) is 4.79 Å². The summed E-state index contributed by atoms with van der Waals surface area (Å²) in [5.74, 6) is 1.29. The number of thiazole rings is 1. The summed E-state index contributed by atoms with van der Waals surface area (Å²) in [5, 5.41) is 0.637. The minimum Gasteiger partial charge on any atom is -0.491 e. The zero-order valence-electron chi connectivity index (χ0n) is 13.1. The first-order valence-electron chi connectivity index (χ1n) is 7.64. The molecule has 3 aromatic rings. The normalized spacial score (nSPS) is 13.7. The first-order valence-corrected chi connectivity index (χ1v) is 9.25. The average Bonchev–Trinajstić information content (AvgIpc) is 3.03. The highest BCUT2D eigenvalue weighted by Crippen LogP contribution is 2.28. The molecule has 6 nitrogen and oxygen atoms in total. The van der Waals surface area contributed by atoms with Crippen molar-refractivity contribution in [2.24, 2.45) is 0 Å². The van der Waals surface area contributed by atoms with Crippen molar-refractivity contribution >= 4 is 33.2 Å². The molecule has 126 valence electrons. The molecule has 1 aliphatic heterocycles. The predicted molar refractivity (Wildman–Crippen MR) is 97.5 cm³/mol. The van der Waals surface area contributed by atoms with E-state index in [0.29, 0.717) is 35.4 Å². The first-order chi connectivity index (χ1) is 12.2. The van der Waals surface area contributed by atoms with Crippen LogP contribution in [0.25, 0.3) is 10.8 Å². The van der Waals surface area contributed by atoms with Gasteiger partial charge in [0.25, 0.3) is 5.91 Å². The van der Waals surface area contributed by atoms with E-state index in [1.165, 1.54) is 11.3 Å². The fourth-order valence-corrected chi connectivity index (χ4v) is 3.82. The van der Waals surface area contributed by atoms with Crippen molar-refractivity contribution in [1.82, 2.24) is 19.9 Å². The molecule has 4 rings (SSSR count). The van der Waals surface area contributed by atoms with Gasteiger partial charge < -0.3 is 9.64 Å². The lowest BCUT2D eigenvalue weighted by Gasteiger charge is -2.18. The van der Waals surface area contributed by atoms with Crippen LogP contribution < -0.4 is 4.74 Å². The van der Waals surface area contributed by atoms with Crippen molar-refractivity contribution in [1.29, 1.82) is 0 Å². The summed E-state index contributed by atoms with van der Waals surface area (Å²) in [7, 11) is 0. The second-order valence-corrected chi connectivity index (χ2v) is 7.38. The number of carbonyl (C=O) groups excluding carboxylic acids is 1. The van der Waals surface area contributed by atoms with Crippen LogP contribution in [0.3, 0.4) is 0 Å². The molecule has 0 radical (unpaired) electrons. The Labute approximate surface area is 156 Å². The number of ether oxygens (including phenoxy) is 1. The molecular formula is C17H13BrN4O2S. The fourth-order valence-electron chi connectivity index (χ4n) is 2.58. The second kappa shape index (κ2) is 6.89. The van der Waals surface area contributed by atoms with Gasteiger partial charge in [0.05, 0.1) is 12.7 Å². The van der Waals surface area contributed by atoms with Crippen LogP contribution in [0.2, 0.25) is 0 Å². The molecule has 1 aromatic carbocycles. The van der Waals surface area contributed by atoms with Gasteiger partial charge in [-0.1, -0.05) is 15.9 Å². The minimum absolute atomic E-state index is 0.0592. The molecule has 0 bridgehead atoms. The molecule has 0 saturated heterocycles. The first kappa shape index (κ1) is 16.2. The predicted octanol–water partition coefficient (Wildman–Crippen LogP) is 3.40. The Balaban J connectivity index is 1.58. The Morgan fingerprint density at radius 2 is 2.08 bits per heavy atom. The maximum absolute atomic E-state index is 12.9. The lowest BCUT2D eigenvalue weighted by Crippen LogP contribution is -2.31. The Morgan fingerprint density at radius 3 is 2.92 bits per heavy atom. The van der Waals surface area contributed by atoms with Gasteiger partial charge in [0.2, 0.25) is 0 Å². The maximum Gasteiger partial charge on any atom is 0.266 e. The van der Waals surface area contributed by atoms with E-state index in [1.54, 1.807) is 29.6 Å². The Hall–Kier alpha value is -2.32. The quantitative estimate of drug-likeness (QED) is 0.640. The smallest absolute Gasteiger partial charge is 0.266 e. The molecule has 0 unspecified atom stereocenters. The zero-order chi connectivity index (χ0) is 17.2. The van der Waals surface area contributed by atoms with Gasteiger partial charge in [-0.15, -0.1) is 11.3 Å². The Kier molecular flexibility index (Phi) is 4.46. The molecule has 0 N–H and O–H groups in total. The maximum atomic E-state index is 12.9. The number of carbonyl (C=O) groups is 1. The highest BCUT2D eigenvalue weighted by molar-refractivity contribution is 9.10. The second-order valence-electron chi connectivity index (χ2n) is 5.43. The molecule has 1 amide bonds. The van der Waals surface area contributed by atoms with Crippen LogP contribution in [0, 0.1) is 0 Å². The van der Waals surface area contributed by atoms with E-state index >= 15 is 0 Å². The van der Waals surface area contributed by atoms with Crippen molar-refractivity contribution in [2.75, 3.05) is 13.2 Å². The van der Waals surface area contributed by atoms with Crippen molar-refractivity contribution in [3.05, 3.63) is 57.8 Å². The topological polar surface area (TPSA) is 68.2 Å². The van der Waals surface area contributed by atoms with Crippen LogP contribution >= 0.6 is 27.3 Å². The zero-order valence-corrected chi connectivity index (χ0v) is 15.5. The molecule has 2 aromatic heterocycles. The minimum atomic E-state index is -0.0592. The van der Waals surface area contributed by atoms with Crippen molar-refractivity contribution < 1.29 is 9.53 Å². The number of nitrogens with zero attached hydrogens (tertiary/aromatic N) is 4. The van der Waals surface area contributed by atoms with Crippen molar-refractivity contribution in [2.45, 2.75) is 6.54 Å². The molecule has 3 heterocycles. The van der Waals surface area contributed by atoms with Gasteiger partial charge in [-0.2, -0.15) is 0 Å². The monoisotopic (exact) mass is 416 g/mol. The summed E-state index contributed by atoms with van der Waals surface area (Å²) in [6.45, 7) is 1.50. The Morgan fingerprint density at radius 1 is 1.24 bits per heavy atom. The molecule has 0 fully saturated rings. The van der Waals surface area contributed by atoms with E-state index in [-0.39, 0.29) is 5.91 Å². The number of halogens is 1. The highest BCUT2D eigenvalue weighted by Gasteiger charge is 2.23. The molecule has 8 heteroatoms. The van der Waals surface area contributed by atoms with Crippen molar-refractivity contribution in [3.8, 4) is 16.6 Å². The van der Waals surface area contributed by atoms with E-state index in [2.05, 4.69) is 30.9 Å². The third-order valence-electron chi connectivity index (χ3n) is 3.76. The van der Waals surface area contributed by atoms with Gasteiger partial charge in [0, 0.05) is 29.0 Å². The number of amides is 1. The van der Waals surface area contributed by atoms with Gasteiger partial charge in [-0.05, 0) is 24.3 Å². The molecule has 25 heavy (non-hydrogen) atoms. The van der Waals surface area contributed by atoms with Gasteiger partial charge in [-0.25, -0.2) is 15.0 Å². The standard InChI is InChI=1S/C17H13BrN4O2S/c18-12-2-3-13-11(8-12)10-22(6-7-24-13)17(23)14-9-21-16(25-14)15-19-4-1-5-20-15/h1-5,8-9H,6-7,10H2. The van der Waals surface area contributed by atoms with Crippen LogP contribution in [0.1, 0.15) is 15.2 Å². The van der Waals surface area contributed by atoms with Crippen LogP contribution in [0.15, 0.2) is 47.3 Å². The third-order valence-corrected chi connectivity index (χ3v) is 5.24. The van der Waals surface area contributed by atoms with Crippen molar-refractivity contribution in [3.63, 3.8) is 0 Å². The number of hydrogen-bond acceptors (Lipinski definition) is 6. The Bertz CT molecular complexity index is 916. The highest BCUT2D eigenvalue weighted by atomic mass is 79.9. The summed E-state index contributed by atoms with van der Waals surface area (Å²) in [5.41, 5.74) is 0.983. The van der Waals surface area contributed by atoms with E-state index in [1.807, 2.05) is 18.2 Å². The van der Waals surface area contributed by atoms with Crippen LogP contribution in [-0.2, 0) is 6.54 Å². The van der Waals surface area contributed by atoms with Crippen LogP contribution in [0.4, 0.5) is 0 Å². The summed E-state index contributed by atoms with van der Waals surface area (Å²) in [4.78, 5) is 27.9. The average molecular weight is 417 g/mol. The number of rotatable bonds is 2. The van der Waals surface area contributed by atoms with E-state index in [0.717, 1.165) is 15.8 Å². The molecule has 1 aliphatic rings. The van der Waals surface area contributed by atoms with Gasteiger partial charge >= 0.3 is 0 Å². The lowest BCUT2D eigenvalue weighted by atomic mass is 10.2. The van der Waals surface area contributed by atoms with E-state index in [9.17, 15) is 4.79 Å².